The molecule has 0 spiro atoms. The number of carbonyl (C=O) groups is 2. The molecule has 0 unspecified atom stereocenters. The number of benzene rings is 5. The van der Waals surface area contributed by atoms with E-state index in [1.807, 2.05) is 93.6 Å². The largest absolute Gasteiger partial charge is 0.497 e. The van der Waals surface area contributed by atoms with Crippen molar-refractivity contribution in [2.45, 2.75) is 83.7 Å². The Labute approximate surface area is 435 Å². The lowest BCUT2D eigenvalue weighted by Gasteiger charge is -2.28. The zero-order valence-corrected chi connectivity index (χ0v) is 44.4. The van der Waals surface area contributed by atoms with E-state index in [1.165, 1.54) is 15.6 Å². The average molecular weight is 1040 g/mol. The third-order valence-electron chi connectivity index (χ3n) is 11.6. The Morgan fingerprint density at radius 3 is 1.89 bits per heavy atom. The number of tetrazole rings is 1. The van der Waals surface area contributed by atoms with E-state index in [1.54, 1.807) is 88.1 Å². The van der Waals surface area contributed by atoms with Crippen LogP contribution in [0.15, 0.2) is 120 Å². The van der Waals surface area contributed by atoms with Crippen LogP contribution in [0.1, 0.15) is 70.2 Å². The van der Waals surface area contributed by atoms with Crippen molar-refractivity contribution in [1.82, 2.24) is 34.4 Å². The van der Waals surface area contributed by atoms with Crippen LogP contribution in [0.4, 0.5) is 14.7 Å². The molecule has 1 N–H and O–H groups in total. The number of rotatable bonds is 14. The fourth-order valence-electron chi connectivity index (χ4n) is 8.05. The van der Waals surface area contributed by atoms with Crippen LogP contribution < -0.4 is 19.5 Å². The number of hydrogen-bond donors (Lipinski definition) is 1. The van der Waals surface area contributed by atoms with Gasteiger partial charge in [-0.1, -0.05) is 83.9 Å². The van der Waals surface area contributed by atoms with Crippen LogP contribution in [-0.2, 0) is 39.1 Å². The lowest BCUT2D eigenvalue weighted by molar-refractivity contribution is 0.0266. The summed E-state index contributed by atoms with van der Waals surface area (Å²) in [5.41, 5.74) is 3.27. The van der Waals surface area contributed by atoms with E-state index in [9.17, 15) is 9.59 Å². The predicted molar refractivity (Wildman–Crippen MR) is 284 cm³/mol. The molecule has 0 saturated heterocycles. The van der Waals surface area contributed by atoms with Crippen LogP contribution in [0.25, 0.3) is 32.7 Å². The lowest BCUT2D eigenvalue weighted by Crippen LogP contribution is -2.39. The molecule has 17 nitrogen and oxygen atoms in total. The van der Waals surface area contributed by atoms with Crippen molar-refractivity contribution in [3.8, 4) is 51.6 Å². The van der Waals surface area contributed by atoms with Crippen LogP contribution in [-0.4, -0.2) is 101 Å². The normalized spacial score (nSPS) is 12.9. The maximum atomic E-state index is 16.4. The highest BCUT2D eigenvalue weighted by Crippen LogP contribution is 2.43. The molecule has 2 amide bonds. The van der Waals surface area contributed by atoms with Crippen molar-refractivity contribution in [2.24, 2.45) is 0 Å². The van der Waals surface area contributed by atoms with E-state index in [4.69, 9.17) is 28.7 Å². The topological polar surface area (TPSA) is 189 Å². The van der Waals surface area contributed by atoms with Crippen molar-refractivity contribution in [3.05, 3.63) is 137 Å². The number of nitrogens with zero attached hydrogens (tertiary/aromatic N) is 7. The molecule has 0 atom stereocenters. The molecular formula is C55H58N8O9S2. The molecule has 2 aromatic heterocycles. The van der Waals surface area contributed by atoms with Gasteiger partial charge in [0.2, 0.25) is 10.0 Å². The van der Waals surface area contributed by atoms with Crippen LogP contribution in [0.2, 0.25) is 0 Å². The number of amides is 2. The first-order chi connectivity index (χ1) is 35.3. The van der Waals surface area contributed by atoms with Crippen molar-refractivity contribution in [2.75, 3.05) is 39.7 Å². The number of sulfonamides is 1. The monoisotopic (exact) mass is 1040 g/mol. The Kier molecular flexibility index (Phi) is 15.7. The van der Waals surface area contributed by atoms with Gasteiger partial charge in [-0.15, -0.1) is 5.10 Å². The first-order valence-corrected chi connectivity index (χ1v) is 26.0. The van der Waals surface area contributed by atoms with Crippen LogP contribution in [0.3, 0.4) is 0 Å². The van der Waals surface area contributed by atoms with Gasteiger partial charge in [-0.25, -0.2) is 27.7 Å². The van der Waals surface area contributed by atoms with Crippen molar-refractivity contribution < 1.29 is 41.7 Å². The van der Waals surface area contributed by atoms with Gasteiger partial charge in [-0.2, -0.15) is 4.31 Å². The molecule has 19 heteroatoms. The van der Waals surface area contributed by atoms with E-state index in [0.717, 1.165) is 5.56 Å². The molecule has 1 aliphatic heterocycles. The summed E-state index contributed by atoms with van der Waals surface area (Å²) in [4.78, 5) is 32.4. The lowest BCUT2D eigenvalue weighted by atomic mass is 9.95. The summed E-state index contributed by atoms with van der Waals surface area (Å²) in [6.07, 6.45) is 1.15. The fourth-order valence-corrected chi connectivity index (χ4v) is 10.7. The molecular weight excluding hydrogens is 981 g/mol. The Hall–Kier alpha value is -7.79. The molecule has 5 aromatic carbocycles. The molecule has 384 valence electrons. The standard InChI is InChI=1S/C55H58N8O9S2/c1-54(2,3)71-52(64)57-51-56-48-45(11-10-12-46(48)73-51)44-28-21-40(20-13-36-29-31-61(32-30-36)53(65)72-55(4,5)6)49(47(44)50-58-59-60-63(50)35-39-18-26-43(70-9)27-19-39)74(66,67)62(33-37-14-22-41(68-7)23-15-37)34-38-16-24-42(69-8)25-17-38/h10-12,14-19,21-29H,30-35H2,1-9H3,(H,56,57,64). The van der Waals surface area contributed by atoms with Gasteiger partial charge in [0, 0.05) is 42.9 Å². The molecule has 0 bridgehead atoms. The van der Waals surface area contributed by atoms with Gasteiger partial charge >= 0.3 is 12.2 Å². The number of thiazole rings is 1. The zero-order chi connectivity index (χ0) is 52.8. The van der Waals surface area contributed by atoms with Crippen LogP contribution in [0, 0.1) is 11.8 Å². The van der Waals surface area contributed by atoms with E-state index in [0.29, 0.717) is 68.3 Å². The summed E-state index contributed by atoms with van der Waals surface area (Å²) < 4.78 is 64.0. The highest BCUT2D eigenvalue weighted by atomic mass is 32.2. The third-order valence-corrected chi connectivity index (χ3v) is 14.4. The molecule has 0 fully saturated rings. The average Bonchev–Trinajstić information content (AvgIpc) is 4.01. The van der Waals surface area contributed by atoms with Gasteiger partial charge < -0.3 is 28.6 Å². The number of nitrogens with one attached hydrogen (secondary N) is 1. The third kappa shape index (κ3) is 12.7. The molecule has 3 heterocycles. The maximum absolute atomic E-state index is 16.4. The van der Waals surface area contributed by atoms with Gasteiger partial charge in [0.05, 0.1) is 43.7 Å². The highest BCUT2D eigenvalue weighted by molar-refractivity contribution is 7.89. The van der Waals surface area contributed by atoms with Gasteiger partial charge in [0.25, 0.3) is 0 Å². The summed E-state index contributed by atoms with van der Waals surface area (Å²) in [6.45, 7) is 11.4. The molecule has 0 saturated carbocycles. The quantitative estimate of drug-likeness (QED) is 0.101. The minimum Gasteiger partial charge on any atom is -0.497 e. The van der Waals surface area contributed by atoms with E-state index in [-0.39, 0.29) is 53.2 Å². The van der Waals surface area contributed by atoms with E-state index in [2.05, 4.69) is 32.7 Å². The van der Waals surface area contributed by atoms with Gasteiger partial charge in [-0.05, 0) is 129 Å². The Morgan fingerprint density at radius 1 is 0.743 bits per heavy atom. The summed E-state index contributed by atoms with van der Waals surface area (Å²) in [7, 11) is 0.0705. The van der Waals surface area contributed by atoms with Crippen molar-refractivity contribution >= 4 is 48.9 Å². The van der Waals surface area contributed by atoms with Crippen molar-refractivity contribution in [1.29, 1.82) is 0 Å². The molecule has 74 heavy (non-hydrogen) atoms. The van der Waals surface area contributed by atoms with E-state index >= 15 is 8.42 Å². The maximum Gasteiger partial charge on any atom is 0.413 e. The fraction of sp³-hybridized carbons (Fsp3) is 0.309. The number of hydrogen-bond acceptors (Lipinski definition) is 14. The number of ether oxygens (including phenoxy) is 5. The smallest absolute Gasteiger partial charge is 0.413 e. The zero-order valence-electron chi connectivity index (χ0n) is 42.8. The summed E-state index contributed by atoms with van der Waals surface area (Å²) >= 11 is 1.24. The molecule has 1 aliphatic rings. The first kappa shape index (κ1) is 52.5. The second-order valence-electron chi connectivity index (χ2n) is 19.3. The van der Waals surface area contributed by atoms with Gasteiger partial charge in [0.15, 0.2) is 11.0 Å². The second-order valence-corrected chi connectivity index (χ2v) is 22.2. The minimum absolute atomic E-state index is 0.0568. The highest BCUT2D eigenvalue weighted by Gasteiger charge is 2.35. The van der Waals surface area contributed by atoms with Gasteiger partial charge in [0.1, 0.15) is 33.3 Å². The first-order valence-electron chi connectivity index (χ1n) is 23.7. The van der Waals surface area contributed by atoms with Crippen LogP contribution in [0.5, 0.6) is 17.2 Å². The number of carbonyl (C=O) groups excluding carboxylic acids is 2. The minimum atomic E-state index is -4.65. The predicted octanol–water partition coefficient (Wildman–Crippen LogP) is 10.3. The molecule has 0 radical (unpaired) electrons. The number of methoxy groups -OCH3 is 3. The van der Waals surface area contributed by atoms with Crippen LogP contribution >= 0.6 is 11.3 Å². The second kappa shape index (κ2) is 22.1. The molecule has 8 rings (SSSR count). The SMILES string of the molecule is COc1ccc(CN(Cc2ccc(OC)cc2)S(=O)(=O)c2c(C#CC3=CCN(C(=O)OC(C)(C)C)CC3)ccc(-c3cccc4sc(NC(=O)OC(C)(C)C)nc34)c2-c2nnnn2Cc2ccc(OC)cc2)cc1. The number of fused-ring (bicyclic) bond motifs is 1. The molecule has 0 aliphatic carbocycles. The Morgan fingerprint density at radius 2 is 1.34 bits per heavy atom. The summed E-state index contributed by atoms with van der Waals surface area (Å²) in [5.74, 6) is 8.56. The van der Waals surface area contributed by atoms with E-state index < -0.39 is 33.4 Å². The Balaban J connectivity index is 1.37. The number of anilines is 1. The summed E-state index contributed by atoms with van der Waals surface area (Å²) in [5, 5.41) is 16.3. The Bertz CT molecular complexity index is 3320. The molecule has 7 aromatic rings. The number of aromatic nitrogens is 5. The summed E-state index contributed by atoms with van der Waals surface area (Å²) in [6, 6.07) is 30.9. The number of para-hydroxylation sites is 1. The van der Waals surface area contributed by atoms with Gasteiger partial charge in [-0.3, -0.25) is 5.32 Å². The van der Waals surface area contributed by atoms with Crippen molar-refractivity contribution in [3.63, 3.8) is 0 Å².